The van der Waals surface area contributed by atoms with Gasteiger partial charge in [0.1, 0.15) is 11.5 Å². The number of phenols is 2. The molecule has 2 aromatic rings. The summed E-state index contributed by atoms with van der Waals surface area (Å²) in [4.78, 5) is 25.3. The topological polar surface area (TPSA) is 77.8 Å². The lowest BCUT2D eigenvalue weighted by Crippen LogP contribution is -2.29. The predicted molar refractivity (Wildman–Crippen MR) is 67.4 cm³/mol. The van der Waals surface area contributed by atoms with Gasteiger partial charge in [-0.2, -0.15) is 0 Å². The average Bonchev–Trinajstić information content (AvgIpc) is 2.63. The number of benzene rings is 2. The van der Waals surface area contributed by atoms with E-state index in [2.05, 4.69) is 0 Å². The third-order valence-electron chi connectivity index (χ3n) is 2.99. The summed E-state index contributed by atoms with van der Waals surface area (Å²) in [6, 6.07) is 10.1. The molecule has 1 heterocycles. The van der Waals surface area contributed by atoms with Crippen LogP contribution in [0.25, 0.3) is 0 Å². The van der Waals surface area contributed by atoms with Gasteiger partial charge in [0.2, 0.25) is 0 Å². The van der Waals surface area contributed by atoms with Gasteiger partial charge < -0.3 is 10.2 Å². The first-order chi connectivity index (χ1) is 9.09. The lowest BCUT2D eigenvalue weighted by molar-refractivity contribution is 0.0925. The molecule has 0 aromatic heterocycles. The number of imide groups is 1. The summed E-state index contributed by atoms with van der Waals surface area (Å²) < 4.78 is 0. The maximum absolute atomic E-state index is 12.2. The first-order valence-corrected chi connectivity index (χ1v) is 5.59. The molecule has 2 N–H and O–H groups in total. The molecule has 94 valence electrons. The van der Waals surface area contributed by atoms with Crippen molar-refractivity contribution in [2.75, 3.05) is 4.90 Å². The van der Waals surface area contributed by atoms with Crippen molar-refractivity contribution in [2.24, 2.45) is 0 Å². The van der Waals surface area contributed by atoms with Crippen molar-refractivity contribution < 1.29 is 19.8 Å². The van der Waals surface area contributed by atoms with E-state index in [1.165, 1.54) is 30.3 Å². The number of fused-ring (bicyclic) bond motifs is 1. The number of para-hydroxylation sites is 2. The van der Waals surface area contributed by atoms with E-state index in [0.29, 0.717) is 0 Å². The molecule has 1 aliphatic rings. The second-order valence-corrected chi connectivity index (χ2v) is 4.16. The average molecular weight is 255 g/mol. The Hall–Kier alpha value is -2.82. The van der Waals surface area contributed by atoms with Gasteiger partial charge in [-0.1, -0.05) is 12.1 Å². The summed E-state index contributed by atoms with van der Waals surface area (Å²) in [5, 5.41) is 19.1. The number of hydrogen-bond donors (Lipinski definition) is 2. The van der Waals surface area contributed by atoms with Gasteiger partial charge in [-0.05, 0) is 30.3 Å². The largest absolute Gasteiger partial charge is 0.508 e. The predicted octanol–water partition coefficient (Wildman–Crippen LogP) is 1.90. The second kappa shape index (κ2) is 3.84. The Morgan fingerprint density at radius 2 is 1.53 bits per heavy atom. The fourth-order valence-corrected chi connectivity index (χ4v) is 2.10. The molecule has 3 rings (SSSR count). The standard InChI is InChI=1S/C14H9NO4/c16-8-5-6-9-10(7-8)14(19)15(13(9)18)11-3-1-2-4-12(11)17/h1-7,16-17H. The minimum Gasteiger partial charge on any atom is -0.508 e. The highest BCUT2D eigenvalue weighted by atomic mass is 16.3. The molecule has 1 aliphatic heterocycles. The van der Waals surface area contributed by atoms with Crippen molar-refractivity contribution in [2.45, 2.75) is 0 Å². The van der Waals surface area contributed by atoms with E-state index in [1.54, 1.807) is 12.1 Å². The Morgan fingerprint density at radius 3 is 2.26 bits per heavy atom. The molecule has 5 heteroatoms. The monoisotopic (exact) mass is 255 g/mol. The van der Waals surface area contributed by atoms with E-state index in [9.17, 15) is 19.8 Å². The number of nitrogens with zero attached hydrogens (tertiary/aromatic N) is 1. The molecule has 0 radical (unpaired) electrons. The summed E-state index contributed by atoms with van der Waals surface area (Å²) in [5.74, 6) is -1.31. The molecule has 5 nitrogen and oxygen atoms in total. The molecule has 0 atom stereocenters. The first kappa shape index (κ1) is 11.3. The number of carbonyl (C=O) groups excluding carboxylic acids is 2. The van der Waals surface area contributed by atoms with Crippen molar-refractivity contribution in [1.29, 1.82) is 0 Å². The highest BCUT2D eigenvalue weighted by Crippen LogP contribution is 2.34. The number of aromatic hydroxyl groups is 2. The molecule has 0 unspecified atom stereocenters. The number of amides is 2. The number of carbonyl (C=O) groups is 2. The highest BCUT2D eigenvalue weighted by Gasteiger charge is 2.37. The first-order valence-electron chi connectivity index (χ1n) is 5.59. The van der Waals surface area contributed by atoms with Crippen molar-refractivity contribution in [3.8, 4) is 11.5 Å². The Morgan fingerprint density at radius 1 is 0.842 bits per heavy atom. The molecule has 0 bridgehead atoms. The smallest absolute Gasteiger partial charge is 0.266 e. The van der Waals surface area contributed by atoms with Gasteiger partial charge in [0.05, 0.1) is 16.8 Å². The number of anilines is 1. The third kappa shape index (κ3) is 1.55. The molecule has 2 aromatic carbocycles. The molecule has 2 amide bonds. The Balaban J connectivity index is 2.16. The zero-order valence-electron chi connectivity index (χ0n) is 9.70. The fraction of sp³-hybridized carbons (Fsp3) is 0. The Bertz CT molecular complexity index is 708. The van der Waals surface area contributed by atoms with Gasteiger partial charge in [-0.25, -0.2) is 4.90 Å². The molecule has 0 saturated heterocycles. The minimum atomic E-state index is -0.558. The van der Waals surface area contributed by atoms with E-state index >= 15 is 0 Å². The lowest BCUT2D eigenvalue weighted by atomic mass is 10.1. The summed E-state index contributed by atoms with van der Waals surface area (Å²) in [6.45, 7) is 0. The van der Waals surface area contributed by atoms with Crippen LogP contribution in [0.5, 0.6) is 11.5 Å². The van der Waals surface area contributed by atoms with Gasteiger partial charge in [0, 0.05) is 0 Å². The summed E-state index contributed by atoms with van der Waals surface area (Å²) in [7, 11) is 0. The maximum Gasteiger partial charge on any atom is 0.266 e. The van der Waals surface area contributed by atoms with Crippen molar-refractivity contribution >= 4 is 17.5 Å². The van der Waals surface area contributed by atoms with Crippen LogP contribution in [0.15, 0.2) is 42.5 Å². The molecule has 0 spiro atoms. The SMILES string of the molecule is O=C1c2ccc(O)cc2C(=O)N1c1ccccc1O. The minimum absolute atomic E-state index is 0.0842. The Labute approximate surface area is 108 Å². The van der Waals surface area contributed by atoms with Crippen LogP contribution in [-0.2, 0) is 0 Å². The summed E-state index contributed by atoms with van der Waals surface area (Å²) >= 11 is 0. The van der Waals surface area contributed by atoms with Gasteiger partial charge in [-0.3, -0.25) is 9.59 Å². The maximum atomic E-state index is 12.2. The van der Waals surface area contributed by atoms with Crippen LogP contribution in [0.1, 0.15) is 20.7 Å². The van der Waals surface area contributed by atoms with Crippen molar-refractivity contribution in [3.05, 3.63) is 53.6 Å². The van der Waals surface area contributed by atoms with Crippen LogP contribution in [0.3, 0.4) is 0 Å². The zero-order valence-corrected chi connectivity index (χ0v) is 9.70. The molecule has 0 saturated carbocycles. The van der Waals surface area contributed by atoms with Crippen molar-refractivity contribution in [1.82, 2.24) is 0 Å². The molecular formula is C14H9NO4. The second-order valence-electron chi connectivity index (χ2n) is 4.16. The van der Waals surface area contributed by atoms with Crippen LogP contribution in [0.4, 0.5) is 5.69 Å². The van der Waals surface area contributed by atoms with Crippen LogP contribution in [0.2, 0.25) is 0 Å². The van der Waals surface area contributed by atoms with E-state index in [-0.39, 0.29) is 28.3 Å². The molecule has 0 fully saturated rings. The van der Waals surface area contributed by atoms with Crippen LogP contribution < -0.4 is 4.90 Å². The van der Waals surface area contributed by atoms with E-state index in [4.69, 9.17) is 0 Å². The number of hydrogen-bond acceptors (Lipinski definition) is 4. The quantitative estimate of drug-likeness (QED) is 0.763. The normalized spacial score (nSPS) is 13.8. The van der Waals surface area contributed by atoms with Gasteiger partial charge >= 0.3 is 0 Å². The lowest BCUT2D eigenvalue weighted by Gasteiger charge is -2.14. The van der Waals surface area contributed by atoms with Gasteiger partial charge in [-0.15, -0.1) is 0 Å². The van der Waals surface area contributed by atoms with Crippen LogP contribution >= 0.6 is 0 Å². The van der Waals surface area contributed by atoms with E-state index < -0.39 is 11.8 Å². The zero-order chi connectivity index (χ0) is 13.6. The van der Waals surface area contributed by atoms with Gasteiger partial charge in [0.25, 0.3) is 11.8 Å². The van der Waals surface area contributed by atoms with Gasteiger partial charge in [0.15, 0.2) is 0 Å². The van der Waals surface area contributed by atoms with Crippen LogP contribution in [0, 0.1) is 0 Å². The molecular weight excluding hydrogens is 246 g/mol. The molecule has 0 aliphatic carbocycles. The number of phenolic OH excluding ortho intramolecular Hbond substituents is 2. The van der Waals surface area contributed by atoms with Crippen LogP contribution in [-0.4, -0.2) is 22.0 Å². The fourth-order valence-electron chi connectivity index (χ4n) is 2.10. The Kier molecular flexibility index (Phi) is 2.28. The number of rotatable bonds is 1. The van der Waals surface area contributed by atoms with E-state index in [0.717, 1.165) is 4.90 Å². The highest BCUT2D eigenvalue weighted by molar-refractivity contribution is 6.34. The third-order valence-corrected chi connectivity index (χ3v) is 2.99. The summed E-state index contributed by atoms with van der Waals surface area (Å²) in [5.41, 5.74) is 0.479. The van der Waals surface area contributed by atoms with Crippen molar-refractivity contribution in [3.63, 3.8) is 0 Å². The van der Waals surface area contributed by atoms with E-state index in [1.807, 2.05) is 0 Å². The molecule has 19 heavy (non-hydrogen) atoms. The summed E-state index contributed by atoms with van der Waals surface area (Å²) in [6.07, 6.45) is 0.